The molecular formula is C26H29N3O5. The first-order valence-corrected chi connectivity index (χ1v) is 11.6. The first-order chi connectivity index (χ1) is 16.6. The molecule has 2 heterocycles. The second-order valence-corrected chi connectivity index (χ2v) is 8.31. The average Bonchev–Trinajstić information content (AvgIpc) is 3.64. The molecule has 0 spiro atoms. The molecule has 2 aromatic heterocycles. The van der Waals surface area contributed by atoms with E-state index in [9.17, 15) is 14.4 Å². The van der Waals surface area contributed by atoms with Gasteiger partial charge >= 0.3 is 0 Å². The summed E-state index contributed by atoms with van der Waals surface area (Å²) >= 11 is 0. The summed E-state index contributed by atoms with van der Waals surface area (Å²) in [5, 5.41) is 5.70. The normalized spacial score (nSPS) is 14.5. The van der Waals surface area contributed by atoms with Crippen molar-refractivity contribution in [2.24, 2.45) is 0 Å². The summed E-state index contributed by atoms with van der Waals surface area (Å²) in [5.41, 5.74) is 1.50. The van der Waals surface area contributed by atoms with Crippen LogP contribution >= 0.6 is 0 Å². The fraction of sp³-hybridized carbons (Fsp3) is 0.346. The van der Waals surface area contributed by atoms with Gasteiger partial charge in [0.2, 0.25) is 5.91 Å². The van der Waals surface area contributed by atoms with Crippen molar-refractivity contribution in [2.45, 2.75) is 51.1 Å². The maximum absolute atomic E-state index is 13.6. The minimum atomic E-state index is -1.02. The number of hydrogen-bond donors (Lipinski definition) is 2. The van der Waals surface area contributed by atoms with Gasteiger partial charge < -0.3 is 19.5 Å². The Bertz CT molecular complexity index is 1100. The molecular weight excluding hydrogens is 434 g/mol. The van der Waals surface area contributed by atoms with Crippen molar-refractivity contribution >= 4 is 23.4 Å². The number of nitrogens with one attached hydrogen (secondary N) is 2. The van der Waals surface area contributed by atoms with Gasteiger partial charge in [0.25, 0.3) is 11.8 Å². The maximum atomic E-state index is 13.6. The van der Waals surface area contributed by atoms with Crippen LogP contribution in [0.15, 0.2) is 69.9 Å². The highest BCUT2D eigenvalue weighted by molar-refractivity contribution is 6.04. The third kappa shape index (κ3) is 5.22. The molecule has 1 fully saturated rings. The number of carbonyl (C=O) groups is 3. The summed E-state index contributed by atoms with van der Waals surface area (Å²) in [6.45, 7) is 1.67. The zero-order valence-electron chi connectivity index (χ0n) is 19.2. The first kappa shape index (κ1) is 23.4. The van der Waals surface area contributed by atoms with Crippen LogP contribution in [0.1, 0.15) is 60.5 Å². The number of carbonyl (C=O) groups excluding carboxylic acids is 3. The van der Waals surface area contributed by atoms with Crippen LogP contribution in [-0.4, -0.2) is 30.3 Å². The molecule has 34 heavy (non-hydrogen) atoms. The fourth-order valence-corrected chi connectivity index (χ4v) is 4.37. The lowest BCUT2D eigenvalue weighted by Gasteiger charge is -2.32. The molecule has 3 amide bonds. The van der Waals surface area contributed by atoms with E-state index in [-0.39, 0.29) is 24.3 Å². The minimum Gasteiger partial charge on any atom is -0.467 e. The van der Waals surface area contributed by atoms with E-state index >= 15 is 0 Å². The number of aryl methyl sites for hydroxylation is 1. The molecule has 4 rings (SSSR count). The van der Waals surface area contributed by atoms with Crippen LogP contribution in [0.2, 0.25) is 0 Å². The number of benzene rings is 1. The number of furan rings is 2. The lowest BCUT2D eigenvalue weighted by molar-refractivity contribution is -0.127. The van der Waals surface area contributed by atoms with Crippen molar-refractivity contribution in [2.75, 3.05) is 11.4 Å². The molecule has 8 heteroatoms. The van der Waals surface area contributed by atoms with Crippen LogP contribution in [0.4, 0.5) is 5.69 Å². The molecule has 0 bridgehead atoms. The van der Waals surface area contributed by atoms with Gasteiger partial charge in [-0.2, -0.15) is 0 Å². The molecule has 8 nitrogen and oxygen atoms in total. The van der Waals surface area contributed by atoms with Gasteiger partial charge in [-0.05, 0) is 55.2 Å². The molecule has 0 radical (unpaired) electrons. The van der Waals surface area contributed by atoms with E-state index in [0.29, 0.717) is 17.9 Å². The van der Waals surface area contributed by atoms with Gasteiger partial charge in [0.1, 0.15) is 5.76 Å². The lowest BCUT2D eigenvalue weighted by atomic mass is 10.0. The molecule has 1 atom stereocenters. The Hall–Kier alpha value is -3.81. The van der Waals surface area contributed by atoms with Crippen LogP contribution < -0.4 is 15.5 Å². The van der Waals surface area contributed by atoms with E-state index < -0.39 is 17.9 Å². The Morgan fingerprint density at radius 3 is 2.41 bits per heavy atom. The van der Waals surface area contributed by atoms with Gasteiger partial charge in [0.15, 0.2) is 11.8 Å². The van der Waals surface area contributed by atoms with Gasteiger partial charge in [-0.15, -0.1) is 0 Å². The van der Waals surface area contributed by atoms with E-state index in [1.54, 1.807) is 18.2 Å². The number of anilines is 1. The summed E-state index contributed by atoms with van der Waals surface area (Å²) in [5.74, 6) is -0.795. The highest BCUT2D eigenvalue weighted by Crippen LogP contribution is 2.32. The van der Waals surface area contributed by atoms with Gasteiger partial charge in [0.05, 0.1) is 19.1 Å². The Labute approximate surface area is 198 Å². The zero-order valence-corrected chi connectivity index (χ0v) is 19.2. The summed E-state index contributed by atoms with van der Waals surface area (Å²) in [4.78, 5) is 41.0. The van der Waals surface area contributed by atoms with E-state index in [1.807, 2.05) is 31.2 Å². The molecule has 1 aromatic carbocycles. The fourth-order valence-electron chi connectivity index (χ4n) is 4.37. The van der Waals surface area contributed by atoms with Crippen molar-refractivity contribution in [3.8, 4) is 0 Å². The first-order valence-electron chi connectivity index (χ1n) is 11.6. The smallest absolute Gasteiger partial charge is 0.287 e. The number of amides is 3. The molecule has 178 valence electrons. The van der Waals surface area contributed by atoms with Crippen LogP contribution in [0.25, 0.3) is 0 Å². The molecule has 1 saturated carbocycles. The second-order valence-electron chi connectivity index (χ2n) is 8.31. The predicted molar refractivity (Wildman–Crippen MR) is 126 cm³/mol. The van der Waals surface area contributed by atoms with E-state index in [4.69, 9.17) is 8.83 Å². The SMILES string of the molecule is CCc1ccccc1N(C(=O)CNC(=O)c1ccco1)[C@H](C(=O)NC1CCCC1)c1ccco1. The van der Waals surface area contributed by atoms with Gasteiger partial charge in [-0.1, -0.05) is 38.0 Å². The van der Waals surface area contributed by atoms with E-state index in [1.165, 1.54) is 23.5 Å². The minimum absolute atomic E-state index is 0.0713. The third-order valence-electron chi connectivity index (χ3n) is 6.07. The lowest BCUT2D eigenvalue weighted by Crippen LogP contribution is -2.49. The Morgan fingerprint density at radius 1 is 1.00 bits per heavy atom. The molecule has 3 aromatic rings. The Morgan fingerprint density at radius 2 is 1.74 bits per heavy atom. The third-order valence-corrected chi connectivity index (χ3v) is 6.07. The van der Waals surface area contributed by atoms with Crippen molar-refractivity contribution in [1.82, 2.24) is 10.6 Å². The van der Waals surface area contributed by atoms with Crippen LogP contribution in [0, 0.1) is 0 Å². The quantitative estimate of drug-likeness (QED) is 0.499. The number of nitrogens with zero attached hydrogens (tertiary/aromatic N) is 1. The monoisotopic (exact) mass is 463 g/mol. The largest absolute Gasteiger partial charge is 0.467 e. The maximum Gasteiger partial charge on any atom is 0.287 e. The van der Waals surface area contributed by atoms with E-state index in [2.05, 4.69) is 10.6 Å². The van der Waals surface area contributed by atoms with Gasteiger partial charge in [-0.25, -0.2) is 0 Å². The topological polar surface area (TPSA) is 105 Å². The summed E-state index contributed by atoms with van der Waals surface area (Å²) in [6, 6.07) is 13.0. The van der Waals surface area contributed by atoms with Gasteiger partial charge in [0, 0.05) is 11.7 Å². The Kier molecular flexibility index (Phi) is 7.47. The molecule has 0 unspecified atom stereocenters. The van der Waals surface area contributed by atoms with Crippen molar-refractivity contribution < 1.29 is 23.2 Å². The van der Waals surface area contributed by atoms with Crippen molar-refractivity contribution in [3.63, 3.8) is 0 Å². The number of para-hydroxylation sites is 1. The standard InChI is InChI=1S/C26H29N3O5/c1-2-18-9-3-6-12-20(18)29(23(30)17-27-25(31)22-14-8-16-34-22)24(21-13-7-15-33-21)26(32)28-19-10-4-5-11-19/h3,6-9,12-16,19,24H,2,4-5,10-11,17H2,1H3,(H,27,31)(H,28,32)/t24-/m0/s1. The summed E-state index contributed by atoms with van der Waals surface area (Å²) in [7, 11) is 0. The highest BCUT2D eigenvalue weighted by atomic mass is 16.3. The summed E-state index contributed by atoms with van der Waals surface area (Å²) < 4.78 is 10.7. The van der Waals surface area contributed by atoms with Crippen molar-refractivity contribution in [1.29, 1.82) is 0 Å². The van der Waals surface area contributed by atoms with Crippen LogP contribution in [-0.2, 0) is 16.0 Å². The average molecular weight is 464 g/mol. The Balaban J connectivity index is 1.67. The molecule has 1 aliphatic carbocycles. The van der Waals surface area contributed by atoms with Crippen LogP contribution in [0.3, 0.4) is 0 Å². The predicted octanol–water partition coefficient (Wildman–Crippen LogP) is 4.00. The molecule has 1 aliphatic rings. The van der Waals surface area contributed by atoms with Gasteiger partial charge in [-0.3, -0.25) is 19.3 Å². The summed E-state index contributed by atoms with van der Waals surface area (Å²) in [6.07, 6.45) is 7.49. The molecule has 0 aliphatic heterocycles. The van der Waals surface area contributed by atoms with Crippen LogP contribution in [0.5, 0.6) is 0 Å². The van der Waals surface area contributed by atoms with Crippen molar-refractivity contribution in [3.05, 3.63) is 78.1 Å². The second kappa shape index (κ2) is 10.9. The molecule has 0 saturated heterocycles. The number of hydrogen-bond acceptors (Lipinski definition) is 5. The van der Waals surface area contributed by atoms with E-state index in [0.717, 1.165) is 31.2 Å². The number of rotatable bonds is 9. The highest BCUT2D eigenvalue weighted by Gasteiger charge is 2.37. The zero-order chi connectivity index (χ0) is 23.9. The molecule has 2 N–H and O–H groups in total.